The minimum atomic E-state index is -5.23. The number of aromatic nitrogens is 2. The van der Waals surface area contributed by atoms with Crippen LogP contribution in [0.4, 0.5) is 26.3 Å². The summed E-state index contributed by atoms with van der Waals surface area (Å²) in [7, 11) is 0. The van der Waals surface area contributed by atoms with Crippen molar-refractivity contribution in [1.82, 2.24) is 9.13 Å². The molecule has 0 amide bonds. The number of rotatable bonds is 8. The third kappa shape index (κ3) is 8.97. The molecule has 0 spiro atoms. The van der Waals surface area contributed by atoms with Gasteiger partial charge >= 0.3 is 12.4 Å². The first kappa shape index (κ1) is 51.5. The quantitative estimate of drug-likeness (QED) is 0.140. The van der Waals surface area contributed by atoms with Crippen LogP contribution in [0.15, 0.2) is 224 Å². The van der Waals surface area contributed by atoms with E-state index in [4.69, 9.17) is 0 Å². The van der Waals surface area contributed by atoms with E-state index in [1.165, 1.54) is 6.07 Å². The van der Waals surface area contributed by atoms with Crippen LogP contribution in [0.25, 0.3) is 122 Å². The van der Waals surface area contributed by atoms with Gasteiger partial charge in [0, 0.05) is 32.7 Å². The zero-order valence-corrected chi connectivity index (χ0v) is 45.0. The molecule has 0 aliphatic rings. The lowest BCUT2D eigenvalue weighted by atomic mass is 9.86. The lowest BCUT2D eigenvalue weighted by Crippen LogP contribution is -2.13. The molecule has 0 saturated carbocycles. The van der Waals surface area contributed by atoms with Gasteiger partial charge in [-0.25, -0.2) is 0 Å². The molecule has 2 heterocycles. The summed E-state index contributed by atoms with van der Waals surface area (Å²) in [5, 5.41) is 15.0. The van der Waals surface area contributed by atoms with Gasteiger partial charge in [0.15, 0.2) is 0 Å². The summed E-state index contributed by atoms with van der Waals surface area (Å²) in [5.41, 5.74) is 13.3. The number of fused-ring (bicyclic) bond motifs is 6. The van der Waals surface area contributed by atoms with E-state index in [9.17, 15) is 18.4 Å². The maximum Gasteiger partial charge on any atom is 0.417 e. The average Bonchev–Trinajstić information content (AvgIpc) is 3.71. The van der Waals surface area contributed by atoms with E-state index in [1.54, 1.807) is 18.2 Å². The minimum Gasteiger partial charge on any atom is -0.309 e. The molecule has 9 heteroatoms. The van der Waals surface area contributed by atoms with Gasteiger partial charge < -0.3 is 9.13 Å². The van der Waals surface area contributed by atoms with Crippen LogP contribution in [0.3, 0.4) is 0 Å². The predicted molar refractivity (Wildman–Crippen MR) is 321 cm³/mol. The smallest absolute Gasteiger partial charge is 0.309 e. The first-order valence-electron chi connectivity index (χ1n) is 26.9. The van der Waals surface area contributed by atoms with Crippen LogP contribution < -0.4 is 0 Å². The molecule has 13 rings (SSSR count). The first-order chi connectivity index (χ1) is 39.5. The van der Waals surface area contributed by atoms with Crippen molar-refractivity contribution >= 4 is 43.6 Å². The molecule has 0 atom stereocenters. The molecule has 2 aromatic heterocycles. The Morgan fingerprint density at radius 3 is 1.04 bits per heavy atom. The molecular formula is C73H49F6N3. The molecule has 13 aromatic rings. The van der Waals surface area contributed by atoms with Crippen LogP contribution in [0.1, 0.15) is 38.9 Å². The van der Waals surface area contributed by atoms with Crippen LogP contribution in [-0.2, 0) is 12.4 Å². The van der Waals surface area contributed by atoms with Gasteiger partial charge in [-0.05, 0) is 162 Å². The Bertz CT molecular complexity index is 4590. The van der Waals surface area contributed by atoms with E-state index >= 15 is 13.2 Å². The van der Waals surface area contributed by atoms with Crippen LogP contribution in [0.5, 0.6) is 0 Å². The Hall–Kier alpha value is -9.91. The second-order valence-electron chi connectivity index (χ2n) is 21.3. The molecule has 0 unspecified atom stereocenters. The van der Waals surface area contributed by atoms with Crippen molar-refractivity contribution in [3.05, 3.63) is 263 Å². The Labute approximate surface area is 469 Å². The normalized spacial score (nSPS) is 12.0. The molecule has 0 aliphatic heterocycles. The Morgan fingerprint density at radius 1 is 0.329 bits per heavy atom. The number of hydrogen-bond acceptors (Lipinski definition) is 1. The largest absolute Gasteiger partial charge is 0.417 e. The first-order valence-corrected chi connectivity index (χ1v) is 26.9. The number of nitrogens with zero attached hydrogens (tertiary/aromatic N) is 3. The standard InChI is InChI=1S/C73H49F6N3/c1-43-11-5-15-47(33-43)51-23-29-64-59(37-51)60-38-52(48-16-6-12-44(2)34-48)24-30-65(60)81(64)68-21-9-19-55(42-80)70(68)71-58(57-28-27-56(72(74,75)76)41-63(57)73(77,78)79)20-10-22-69(71)82-66-31-25-53(49-17-7-13-45(3)35-49)39-61(66)62-40-54(26-32-67(62)82)50-18-8-14-46(4)36-50/h5-41H,1-4H3. The Balaban J connectivity index is 1.17. The summed E-state index contributed by atoms with van der Waals surface area (Å²) in [5.74, 6) is 0. The van der Waals surface area contributed by atoms with Crippen molar-refractivity contribution in [3.63, 3.8) is 0 Å². The fourth-order valence-corrected chi connectivity index (χ4v) is 12.1. The lowest BCUT2D eigenvalue weighted by Gasteiger charge is -2.24. The van der Waals surface area contributed by atoms with Gasteiger partial charge in [-0.15, -0.1) is 0 Å². The molecular weight excluding hydrogens is 1030 g/mol. The van der Waals surface area contributed by atoms with Crippen molar-refractivity contribution < 1.29 is 26.3 Å². The third-order valence-corrected chi connectivity index (χ3v) is 15.8. The summed E-state index contributed by atoms with van der Waals surface area (Å²) in [6, 6.07) is 72.3. The third-order valence-electron chi connectivity index (χ3n) is 15.8. The molecule has 0 bridgehead atoms. The van der Waals surface area contributed by atoms with E-state index in [2.05, 4.69) is 83.4 Å². The number of aryl methyl sites for hydroxylation is 4. The van der Waals surface area contributed by atoms with Crippen LogP contribution in [-0.4, -0.2) is 9.13 Å². The van der Waals surface area contributed by atoms with Crippen molar-refractivity contribution in [3.8, 4) is 84.2 Å². The highest BCUT2D eigenvalue weighted by Crippen LogP contribution is 2.50. The van der Waals surface area contributed by atoms with Crippen LogP contribution >= 0.6 is 0 Å². The number of benzene rings is 11. The van der Waals surface area contributed by atoms with Gasteiger partial charge in [-0.1, -0.05) is 168 Å². The molecule has 0 aliphatic carbocycles. The van der Waals surface area contributed by atoms with Gasteiger partial charge in [0.2, 0.25) is 0 Å². The van der Waals surface area contributed by atoms with Crippen LogP contribution in [0, 0.1) is 39.0 Å². The molecule has 0 N–H and O–H groups in total. The molecule has 0 radical (unpaired) electrons. The molecule has 0 fully saturated rings. The van der Waals surface area contributed by atoms with E-state index in [-0.39, 0.29) is 28.3 Å². The summed E-state index contributed by atoms with van der Waals surface area (Å²) in [6.07, 6.45) is -10.3. The fraction of sp³-hybridized carbons (Fsp3) is 0.0822. The maximum atomic E-state index is 15.8. The number of hydrogen-bond donors (Lipinski definition) is 0. The van der Waals surface area contributed by atoms with E-state index in [0.717, 1.165) is 116 Å². The highest BCUT2D eigenvalue weighted by Gasteiger charge is 2.39. The van der Waals surface area contributed by atoms with Crippen molar-refractivity contribution in [1.29, 1.82) is 5.26 Å². The van der Waals surface area contributed by atoms with Crippen molar-refractivity contribution in [2.24, 2.45) is 0 Å². The van der Waals surface area contributed by atoms with Gasteiger partial charge in [0.25, 0.3) is 0 Å². The van der Waals surface area contributed by atoms with E-state index in [1.807, 2.05) is 141 Å². The van der Waals surface area contributed by atoms with Gasteiger partial charge in [-0.2, -0.15) is 31.6 Å². The molecule has 3 nitrogen and oxygen atoms in total. The van der Waals surface area contributed by atoms with Crippen LogP contribution in [0.2, 0.25) is 0 Å². The zero-order chi connectivity index (χ0) is 56.8. The minimum absolute atomic E-state index is 0.0190. The summed E-state index contributed by atoms with van der Waals surface area (Å²) in [6.45, 7) is 8.17. The summed E-state index contributed by atoms with van der Waals surface area (Å²) in [4.78, 5) is 0. The Morgan fingerprint density at radius 2 is 0.683 bits per heavy atom. The van der Waals surface area contributed by atoms with Gasteiger partial charge in [0.05, 0.1) is 56.2 Å². The van der Waals surface area contributed by atoms with E-state index in [0.29, 0.717) is 17.4 Å². The van der Waals surface area contributed by atoms with Crippen molar-refractivity contribution in [2.45, 2.75) is 40.0 Å². The highest BCUT2D eigenvalue weighted by molar-refractivity contribution is 6.15. The van der Waals surface area contributed by atoms with Gasteiger partial charge in [-0.3, -0.25) is 0 Å². The number of nitriles is 1. The highest BCUT2D eigenvalue weighted by atomic mass is 19.4. The summed E-state index contributed by atoms with van der Waals surface area (Å²) >= 11 is 0. The topological polar surface area (TPSA) is 33.6 Å². The second-order valence-corrected chi connectivity index (χ2v) is 21.3. The number of halogens is 6. The second kappa shape index (κ2) is 19.7. The molecule has 11 aromatic carbocycles. The SMILES string of the molecule is Cc1cccc(-c2ccc3c(c2)c2cc(-c4cccc(C)c4)ccc2n3-c2cccc(C#N)c2-c2c(-c3ccc(C(F)(F)F)cc3C(F)(F)F)cccc2-n2c3ccc(-c4cccc(C)c4)cc3c3cc(-c4cccc(C)c4)ccc32)c1. The molecule has 82 heavy (non-hydrogen) atoms. The van der Waals surface area contributed by atoms with Crippen molar-refractivity contribution in [2.75, 3.05) is 0 Å². The zero-order valence-electron chi connectivity index (χ0n) is 45.0. The average molecular weight is 1080 g/mol. The fourth-order valence-electron chi connectivity index (χ4n) is 12.1. The summed E-state index contributed by atoms with van der Waals surface area (Å²) < 4.78 is 94.9. The monoisotopic (exact) mass is 1080 g/mol. The molecule has 398 valence electrons. The molecule has 0 saturated heterocycles. The van der Waals surface area contributed by atoms with E-state index < -0.39 is 29.0 Å². The van der Waals surface area contributed by atoms with Gasteiger partial charge in [0.1, 0.15) is 0 Å². The lowest BCUT2D eigenvalue weighted by molar-refractivity contribution is -0.142. The predicted octanol–water partition coefficient (Wildman–Crippen LogP) is 21.0. The Kier molecular flexibility index (Phi) is 12.4. The number of alkyl halides is 6. The maximum absolute atomic E-state index is 15.8.